The maximum atomic E-state index is 12.3. The Morgan fingerprint density at radius 1 is 1.04 bits per heavy atom. The van der Waals surface area contributed by atoms with Crippen LogP contribution in [0.5, 0.6) is 5.75 Å². The van der Waals surface area contributed by atoms with E-state index in [-0.39, 0.29) is 27.1 Å². The van der Waals surface area contributed by atoms with Crippen LogP contribution >= 0.6 is 23.2 Å². The summed E-state index contributed by atoms with van der Waals surface area (Å²) in [6.07, 6.45) is 6.13. The van der Waals surface area contributed by atoms with Gasteiger partial charge < -0.3 is 19.5 Å². The van der Waals surface area contributed by atoms with Crippen LogP contribution in [0.15, 0.2) is 47.8 Å². The number of carbonyl (C=O) groups excluding carboxylic acids is 2. The van der Waals surface area contributed by atoms with Crippen LogP contribution < -0.4 is 4.90 Å². The van der Waals surface area contributed by atoms with Gasteiger partial charge in [-0.05, 0) is 24.3 Å². The summed E-state index contributed by atoms with van der Waals surface area (Å²) in [5.74, 6) is -1.75. The van der Waals surface area contributed by atoms with Gasteiger partial charge in [-0.15, -0.1) is 0 Å². The van der Waals surface area contributed by atoms with Gasteiger partial charge in [0, 0.05) is 11.9 Å². The number of ether oxygens (including phenoxy) is 2. The zero-order valence-electron chi connectivity index (χ0n) is 12.7. The van der Waals surface area contributed by atoms with E-state index in [1.54, 1.807) is 12.2 Å². The molecule has 1 N–H and O–H groups in total. The predicted octanol–water partition coefficient (Wildman–Crippen LogP) is 3.19. The molecule has 0 aromatic heterocycles. The molecule has 0 amide bonds. The zero-order chi connectivity index (χ0) is 17.9. The maximum Gasteiger partial charge on any atom is 0.355 e. The Labute approximate surface area is 148 Å². The molecule has 1 aliphatic rings. The first-order valence-electron chi connectivity index (χ1n) is 6.63. The van der Waals surface area contributed by atoms with Crippen molar-refractivity contribution < 1.29 is 24.2 Å². The number of rotatable bonds is 3. The average molecular weight is 370 g/mol. The molecule has 0 saturated carbocycles. The summed E-state index contributed by atoms with van der Waals surface area (Å²) in [6.45, 7) is 0. The van der Waals surface area contributed by atoms with Crippen molar-refractivity contribution in [2.75, 3.05) is 19.1 Å². The van der Waals surface area contributed by atoms with Gasteiger partial charge in [-0.2, -0.15) is 0 Å². The van der Waals surface area contributed by atoms with E-state index in [1.165, 1.54) is 43.5 Å². The molecule has 1 aromatic rings. The Kier molecular flexibility index (Phi) is 5.54. The van der Waals surface area contributed by atoms with Gasteiger partial charge in [-0.25, -0.2) is 9.59 Å². The molecule has 24 heavy (non-hydrogen) atoms. The standard InChI is InChI=1S/C16H13Cl2NO5/c1-23-15(21)10-5-3-4-6-19(13(10)16(22)24-2)9-7-11(17)14(20)12(18)8-9/h3-8,20H,1-2H3. The van der Waals surface area contributed by atoms with Crippen molar-refractivity contribution in [1.82, 2.24) is 0 Å². The van der Waals surface area contributed by atoms with Crippen molar-refractivity contribution in [1.29, 1.82) is 0 Å². The second-order valence-electron chi connectivity index (χ2n) is 4.57. The highest BCUT2D eigenvalue weighted by atomic mass is 35.5. The first-order valence-corrected chi connectivity index (χ1v) is 7.39. The summed E-state index contributed by atoms with van der Waals surface area (Å²) in [7, 11) is 2.40. The summed E-state index contributed by atoms with van der Waals surface area (Å²) in [6, 6.07) is 2.80. The zero-order valence-corrected chi connectivity index (χ0v) is 14.3. The van der Waals surface area contributed by atoms with E-state index >= 15 is 0 Å². The fraction of sp³-hybridized carbons (Fsp3) is 0.125. The van der Waals surface area contributed by atoms with Gasteiger partial charge in [0.1, 0.15) is 5.70 Å². The first-order chi connectivity index (χ1) is 11.4. The van der Waals surface area contributed by atoms with Gasteiger partial charge in [0.2, 0.25) is 0 Å². The summed E-state index contributed by atoms with van der Waals surface area (Å²) in [5.41, 5.74) is 0.270. The van der Waals surface area contributed by atoms with Gasteiger partial charge in [-0.1, -0.05) is 29.3 Å². The number of hydrogen-bond donors (Lipinski definition) is 1. The van der Waals surface area contributed by atoms with Crippen molar-refractivity contribution >= 4 is 40.8 Å². The minimum Gasteiger partial charge on any atom is -0.505 e. The second kappa shape index (κ2) is 7.42. The molecule has 0 spiro atoms. The lowest BCUT2D eigenvalue weighted by atomic mass is 10.1. The van der Waals surface area contributed by atoms with Crippen LogP contribution in [-0.2, 0) is 19.1 Å². The maximum absolute atomic E-state index is 12.3. The number of phenolic OH excluding ortho intramolecular Hbond substituents is 1. The van der Waals surface area contributed by atoms with Crippen LogP contribution in [0.3, 0.4) is 0 Å². The van der Waals surface area contributed by atoms with Gasteiger partial charge in [0.25, 0.3) is 0 Å². The number of anilines is 1. The lowest BCUT2D eigenvalue weighted by molar-refractivity contribution is -0.139. The van der Waals surface area contributed by atoms with E-state index in [2.05, 4.69) is 0 Å². The number of phenols is 1. The van der Waals surface area contributed by atoms with E-state index in [0.29, 0.717) is 5.69 Å². The molecule has 1 aliphatic heterocycles. The Morgan fingerprint density at radius 2 is 1.62 bits per heavy atom. The van der Waals surface area contributed by atoms with Crippen LogP contribution in [0.4, 0.5) is 5.69 Å². The third-order valence-electron chi connectivity index (χ3n) is 3.17. The van der Waals surface area contributed by atoms with Crippen LogP contribution in [0.1, 0.15) is 0 Å². The van der Waals surface area contributed by atoms with Crippen molar-refractivity contribution in [2.45, 2.75) is 0 Å². The Morgan fingerprint density at radius 3 is 2.17 bits per heavy atom. The quantitative estimate of drug-likeness (QED) is 0.824. The Bertz CT molecular complexity index is 760. The van der Waals surface area contributed by atoms with Crippen molar-refractivity contribution in [3.05, 3.63) is 57.9 Å². The van der Waals surface area contributed by atoms with Gasteiger partial charge >= 0.3 is 11.9 Å². The normalized spacial score (nSPS) is 13.8. The lowest BCUT2D eigenvalue weighted by Crippen LogP contribution is -2.27. The molecule has 0 fully saturated rings. The molecule has 8 heteroatoms. The topological polar surface area (TPSA) is 76.1 Å². The molecule has 0 unspecified atom stereocenters. The SMILES string of the molecule is COC(=O)C1=C(C(=O)OC)N(c2cc(Cl)c(O)c(Cl)c2)C=CC=C1. The summed E-state index contributed by atoms with van der Waals surface area (Å²) in [4.78, 5) is 25.7. The number of benzene rings is 1. The van der Waals surface area contributed by atoms with Gasteiger partial charge in [0.05, 0.1) is 29.8 Å². The minimum atomic E-state index is -0.757. The Balaban J connectivity index is 2.70. The fourth-order valence-electron chi connectivity index (χ4n) is 2.06. The van der Waals surface area contributed by atoms with E-state index in [1.807, 2.05) is 0 Å². The van der Waals surface area contributed by atoms with Crippen molar-refractivity contribution in [3.8, 4) is 5.75 Å². The number of halogens is 2. The van der Waals surface area contributed by atoms with Crippen LogP contribution in [0.25, 0.3) is 0 Å². The first kappa shape index (κ1) is 17.9. The summed E-state index contributed by atoms with van der Waals surface area (Å²) < 4.78 is 9.50. The van der Waals surface area contributed by atoms with E-state index in [0.717, 1.165) is 0 Å². The number of methoxy groups -OCH3 is 2. The van der Waals surface area contributed by atoms with Gasteiger partial charge in [-0.3, -0.25) is 0 Å². The molecule has 2 rings (SSSR count). The van der Waals surface area contributed by atoms with Crippen molar-refractivity contribution in [2.24, 2.45) is 0 Å². The molecule has 126 valence electrons. The highest BCUT2D eigenvalue weighted by Gasteiger charge is 2.28. The van der Waals surface area contributed by atoms with Crippen LogP contribution in [-0.4, -0.2) is 31.3 Å². The molecule has 6 nitrogen and oxygen atoms in total. The molecule has 0 radical (unpaired) electrons. The number of nitrogens with zero attached hydrogens (tertiary/aromatic N) is 1. The van der Waals surface area contributed by atoms with Crippen molar-refractivity contribution in [3.63, 3.8) is 0 Å². The highest BCUT2D eigenvalue weighted by molar-refractivity contribution is 6.37. The molecule has 0 atom stereocenters. The highest BCUT2D eigenvalue weighted by Crippen LogP contribution is 2.38. The van der Waals surface area contributed by atoms with E-state index in [4.69, 9.17) is 32.7 Å². The van der Waals surface area contributed by atoms with Crippen LogP contribution in [0, 0.1) is 0 Å². The number of carbonyl (C=O) groups is 2. The molecule has 1 heterocycles. The number of esters is 2. The molecular formula is C16H13Cl2NO5. The summed E-state index contributed by atoms with van der Waals surface area (Å²) >= 11 is 11.9. The monoisotopic (exact) mass is 369 g/mol. The minimum absolute atomic E-state index is 0.00494. The third kappa shape index (κ3) is 3.39. The van der Waals surface area contributed by atoms with E-state index in [9.17, 15) is 14.7 Å². The number of hydrogen-bond acceptors (Lipinski definition) is 6. The number of allylic oxidation sites excluding steroid dienone is 2. The predicted molar refractivity (Wildman–Crippen MR) is 89.9 cm³/mol. The fourth-order valence-corrected chi connectivity index (χ4v) is 2.53. The Hall–Kier alpha value is -2.44. The molecule has 0 bridgehead atoms. The largest absolute Gasteiger partial charge is 0.505 e. The lowest BCUT2D eigenvalue weighted by Gasteiger charge is -2.23. The average Bonchev–Trinajstić information content (AvgIpc) is 2.80. The third-order valence-corrected chi connectivity index (χ3v) is 3.75. The van der Waals surface area contributed by atoms with E-state index < -0.39 is 11.9 Å². The molecular weight excluding hydrogens is 357 g/mol. The summed E-state index contributed by atoms with van der Waals surface area (Å²) in [5, 5.41) is 9.68. The second-order valence-corrected chi connectivity index (χ2v) is 5.39. The van der Waals surface area contributed by atoms with Crippen LogP contribution in [0.2, 0.25) is 10.0 Å². The molecule has 1 aromatic carbocycles. The molecule has 0 aliphatic carbocycles. The number of aromatic hydroxyl groups is 1. The molecule has 0 saturated heterocycles. The van der Waals surface area contributed by atoms with Gasteiger partial charge in [0.15, 0.2) is 5.75 Å². The smallest absolute Gasteiger partial charge is 0.355 e.